The predicted molar refractivity (Wildman–Crippen MR) is 105 cm³/mol. The SMILES string of the molecule is O=C(/C=C/c1ccccc1)Nc1nnc(SCC(=O)Nc2nccs2)s1. The van der Waals surface area contributed by atoms with Crippen molar-refractivity contribution in [2.75, 3.05) is 16.4 Å². The first-order valence-corrected chi connectivity index (χ1v) is 10.1. The summed E-state index contributed by atoms with van der Waals surface area (Å²) in [4.78, 5) is 27.7. The zero-order chi connectivity index (χ0) is 18.2. The maximum atomic E-state index is 11.9. The van der Waals surface area contributed by atoms with Crippen LogP contribution in [0.15, 0.2) is 52.3 Å². The molecule has 132 valence electrons. The molecular weight excluding hydrogens is 390 g/mol. The Kier molecular flexibility index (Phi) is 6.47. The number of thioether (sulfide) groups is 1. The van der Waals surface area contributed by atoms with Gasteiger partial charge in [-0.1, -0.05) is 53.4 Å². The van der Waals surface area contributed by atoms with Crippen molar-refractivity contribution in [1.82, 2.24) is 15.2 Å². The van der Waals surface area contributed by atoms with E-state index in [0.29, 0.717) is 14.6 Å². The monoisotopic (exact) mass is 403 g/mol. The number of rotatable bonds is 7. The Hall–Kier alpha value is -2.56. The van der Waals surface area contributed by atoms with Gasteiger partial charge in [-0.25, -0.2) is 4.98 Å². The third-order valence-electron chi connectivity index (χ3n) is 2.87. The van der Waals surface area contributed by atoms with E-state index in [4.69, 9.17) is 0 Å². The molecule has 0 aliphatic heterocycles. The third kappa shape index (κ3) is 5.76. The van der Waals surface area contributed by atoms with E-state index in [1.807, 2.05) is 30.3 Å². The number of nitrogens with one attached hydrogen (secondary N) is 2. The minimum Gasteiger partial charge on any atom is -0.301 e. The van der Waals surface area contributed by atoms with Gasteiger partial charge in [-0.3, -0.25) is 14.9 Å². The minimum atomic E-state index is -0.289. The van der Waals surface area contributed by atoms with Crippen LogP contribution in [0.5, 0.6) is 0 Å². The second-order valence-corrected chi connectivity index (χ2v) is 7.88. The minimum absolute atomic E-state index is 0.170. The Labute approximate surface area is 161 Å². The van der Waals surface area contributed by atoms with Gasteiger partial charge in [0, 0.05) is 17.7 Å². The fraction of sp³-hybridized carbons (Fsp3) is 0.0625. The molecular formula is C16H13N5O2S3. The summed E-state index contributed by atoms with van der Waals surface area (Å²) in [6.07, 6.45) is 4.78. The Morgan fingerprint density at radius 2 is 1.96 bits per heavy atom. The molecule has 0 saturated heterocycles. The smallest absolute Gasteiger partial charge is 0.250 e. The molecule has 0 atom stereocenters. The van der Waals surface area contributed by atoms with Crippen molar-refractivity contribution < 1.29 is 9.59 Å². The van der Waals surface area contributed by atoms with Crippen LogP contribution >= 0.6 is 34.4 Å². The van der Waals surface area contributed by atoms with E-state index in [2.05, 4.69) is 25.8 Å². The molecule has 0 unspecified atom stereocenters. The quantitative estimate of drug-likeness (QED) is 0.357. The highest BCUT2D eigenvalue weighted by atomic mass is 32.2. The van der Waals surface area contributed by atoms with Crippen molar-refractivity contribution in [3.8, 4) is 0 Å². The maximum absolute atomic E-state index is 11.9. The lowest BCUT2D eigenvalue weighted by atomic mass is 10.2. The number of aromatic nitrogens is 3. The number of amides is 2. The van der Waals surface area contributed by atoms with Crippen molar-refractivity contribution in [3.05, 3.63) is 53.5 Å². The summed E-state index contributed by atoms with van der Waals surface area (Å²) in [5, 5.41) is 15.9. The van der Waals surface area contributed by atoms with Crippen LogP contribution in [0.4, 0.5) is 10.3 Å². The van der Waals surface area contributed by atoms with Crippen LogP contribution in [0.3, 0.4) is 0 Å². The average Bonchev–Trinajstić information content (AvgIpc) is 3.31. The number of carbonyl (C=O) groups excluding carboxylic acids is 2. The number of carbonyl (C=O) groups is 2. The van der Waals surface area contributed by atoms with Crippen LogP contribution in [-0.2, 0) is 9.59 Å². The van der Waals surface area contributed by atoms with Gasteiger partial charge in [0.25, 0.3) is 0 Å². The number of anilines is 2. The van der Waals surface area contributed by atoms with E-state index in [1.54, 1.807) is 17.7 Å². The molecule has 2 heterocycles. The first kappa shape index (κ1) is 18.2. The van der Waals surface area contributed by atoms with Crippen LogP contribution in [0, 0.1) is 0 Å². The molecule has 0 radical (unpaired) electrons. The van der Waals surface area contributed by atoms with Crippen molar-refractivity contribution in [2.24, 2.45) is 0 Å². The Balaban J connectivity index is 1.46. The van der Waals surface area contributed by atoms with E-state index < -0.39 is 0 Å². The maximum Gasteiger partial charge on any atom is 0.250 e. The van der Waals surface area contributed by atoms with Crippen LogP contribution in [0.1, 0.15) is 5.56 Å². The second-order valence-electron chi connectivity index (χ2n) is 4.78. The van der Waals surface area contributed by atoms with E-state index in [9.17, 15) is 9.59 Å². The molecule has 3 aromatic rings. The van der Waals surface area contributed by atoms with Gasteiger partial charge in [0.1, 0.15) is 0 Å². The molecule has 0 bridgehead atoms. The third-order valence-corrected chi connectivity index (χ3v) is 5.53. The van der Waals surface area contributed by atoms with Crippen molar-refractivity contribution >= 4 is 62.6 Å². The first-order chi connectivity index (χ1) is 12.7. The molecule has 0 saturated carbocycles. The lowest BCUT2D eigenvalue weighted by Crippen LogP contribution is -2.13. The molecule has 3 rings (SSSR count). The number of hydrogen-bond donors (Lipinski definition) is 2. The summed E-state index contributed by atoms with van der Waals surface area (Å²) in [6.45, 7) is 0. The lowest BCUT2D eigenvalue weighted by Gasteiger charge is -1.98. The van der Waals surface area contributed by atoms with Gasteiger partial charge in [0.15, 0.2) is 9.47 Å². The molecule has 10 heteroatoms. The predicted octanol–water partition coefficient (Wildman–Crippen LogP) is 3.38. The van der Waals surface area contributed by atoms with Gasteiger partial charge in [0.2, 0.25) is 16.9 Å². The summed E-state index contributed by atoms with van der Waals surface area (Å²) in [5.41, 5.74) is 0.933. The molecule has 0 aliphatic carbocycles. The van der Waals surface area contributed by atoms with Gasteiger partial charge < -0.3 is 5.32 Å². The Morgan fingerprint density at radius 3 is 2.73 bits per heavy atom. The van der Waals surface area contributed by atoms with E-state index in [0.717, 1.165) is 5.56 Å². The summed E-state index contributed by atoms with van der Waals surface area (Å²) >= 11 is 3.82. The highest BCUT2D eigenvalue weighted by molar-refractivity contribution is 8.01. The number of nitrogens with zero attached hydrogens (tertiary/aromatic N) is 3. The second kappa shape index (κ2) is 9.22. The van der Waals surface area contributed by atoms with E-state index >= 15 is 0 Å². The molecule has 1 aromatic carbocycles. The molecule has 2 N–H and O–H groups in total. The van der Waals surface area contributed by atoms with Gasteiger partial charge in [0.05, 0.1) is 5.75 Å². The van der Waals surface area contributed by atoms with E-state index in [1.165, 1.54) is 40.5 Å². The summed E-state index contributed by atoms with van der Waals surface area (Å²) in [5.74, 6) is -0.268. The topological polar surface area (TPSA) is 96.9 Å². The molecule has 2 aromatic heterocycles. The molecule has 0 aliphatic rings. The molecule has 2 amide bonds. The van der Waals surface area contributed by atoms with Gasteiger partial charge in [-0.15, -0.1) is 21.5 Å². The summed E-state index contributed by atoms with van der Waals surface area (Å²) in [6, 6.07) is 9.52. The lowest BCUT2D eigenvalue weighted by molar-refractivity contribution is -0.114. The largest absolute Gasteiger partial charge is 0.301 e. The molecule has 0 spiro atoms. The number of hydrogen-bond acceptors (Lipinski definition) is 8. The summed E-state index contributed by atoms with van der Waals surface area (Å²) < 4.78 is 0.599. The van der Waals surface area contributed by atoms with Crippen molar-refractivity contribution in [3.63, 3.8) is 0 Å². The molecule has 26 heavy (non-hydrogen) atoms. The van der Waals surface area contributed by atoms with Gasteiger partial charge >= 0.3 is 0 Å². The van der Waals surface area contributed by atoms with Gasteiger partial charge in [-0.05, 0) is 11.6 Å². The summed E-state index contributed by atoms with van der Waals surface area (Å²) in [7, 11) is 0. The van der Waals surface area contributed by atoms with E-state index in [-0.39, 0.29) is 17.6 Å². The standard InChI is InChI=1S/C16H13N5O2S3/c22-12(7-6-11-4-2-1-3-5-11)18-15-20-21-16(26-15)25-10-13(23)19-14-17-8-9-24-14/h1-9H,10H2,(H,17,19,23)(H,18,20,22)/b7-6+. The average molecular weight is 404 g/mol. The fourth-order valence-electron chi connectivity index (χ4n) is 1.77. The normalized spacial score (nSPS) is 10.8. The highest BCUT2D eigenvalue weighted by Gasteiger charge is 2.10. The zero-order valence-corrected chi connectivity index (χ0v) is 15.7. The first-order valence-electron chi connectivity index (χ1n) is 7.39. The zero-order valence-electron chi connectivity index (χ0n) is 13.3. The van der Waals surface area contributed by atoms with Crippen molar-refractivity contribution in [2.45, 2.75) is 4.34 Å². The molecule has 0 fully saturated rings. The van der Waals surface area contributed by atoms with Crippen LogP contribution < -0.4 is 10.6 Å². The Bertz CT molecular complexity index is 894. The number of thiazole rings is 1. The highest BCUT2D eigenvalue weighted by Crippen LogP contribution is 2.25. The Morgan fingerprint density at radius 1 is 1.12 bits per heavy atom. The fourth-order valence-corrected chi connectivity index (χ4v) is 3.87. The van der Waals surface area contributed by atoms with Crippen LogP contribution in [0.25, 0.3) is 6.08 Å². The number of benzene rings is 1. The van der Waals surface area contributed by atoms with Crippen LogP contribution in [-0.4, -0.2) is 32.7 Å². The van der Waals surface area contributed by atoms with Crippen LogP contribution in [0.2, 0.25) is 0 Å². The van der Waals surface area contributed by atoms with Gasteiger partial charge in [-0.2, -0.15) is 0 Å². The van der Waals surface area contributed by atoms with Crippen molar-refractivity contribution in [1.29, 1.82) is 0 Å². The molecule has 7 nitrogen and oxygen atoms in total.